The topological polar surface area (TPSA) is 36.4 Å². The van der Waals surface area contributed by atoms with Crippen molar-refractivity contribution in [2.75, 3.05) is 6.54 Å². The molecule has 0 saturated heterocycles. The zero-order valence-electron chi connectivity index (χ0n) is 3.86. The fraction of sp³-hybridized carbons (Fsp3) is 0.667. The van der Waals surface area contributed by atoms with E-state index in [1.54, 1.807) is 0 Å². The summed E-state index contributed by atoms with van der Waals surface area (Å²) < 4.78 is 0. The van der Waals surface area contributed by atoms with E-state index in [0.717, 1.165) is 6.54 Å². The van der Waals surface area contributed by atoms with Crippen molar-refractivity contribution < 1.29 is 0 Å². The fourth-order valence-corrected chi connectivity index (χ4v) is 0.135. The second kappa shape index (κ2) is 4.43. The predicted octanol–water partition coefficient (Wildman–Crippen LogP) is -0.284. The predicted molar refractivity (Wildman–Crippen MR) is 26.4 cm³/mol. The molecule has 0 heterocycles. The lowest BCUT2D eigenvalue weighted by molar-refractivity contribution is 0.582. The molecule has 0 spiro atoms. The summed E-state index contributed by atoms with van der Waals surface area (Å²) in [7, 11) is 0. The molecule has 0 aliphatic carbocycles. The van der Waals surface area contributed by atoms with Crippen LogP contribution in [0.25, 0.3) is 0 Å². The average Bonchev–Trinajstić information content (AvgIpc) is 1.61. The van der Waals surface area contributed by atoms with Crippen LogP contribution in [-0.2, 0) is 0 Å². The molecule has 0 aromatic rings. The van der Waals surface area contributed by atoms with Gasteiger partial charge < -0.3 is 0 Å². The molecule has 6 heavy (non-hydrogen) atoms. The molecule has 0 aliphatic rings. The molecular weight excluding hydrogens is 78.1 g/mol. The maximum atomic E-state index is 3.31. The number of nitrogens with zero attached hydrogens (tertiary/aromatic N) is 1. The summed E-state index contributed by atoms with van der Waals surface area (Å²) in [6, 6.07) is 0. The van der Waals surface area contributed by atoms with Crippen molar-refractivity contribution in [3.63, 3.8) is 0 Å². The van der Waals surface area contributed by atoms with E-state index in [9.17, 15) is 0 Å². The Balaban J connectivity index is 2.49. The van der Waals surface area contributed by atoms with Gasteiger partial charge in [-0.3, -0.25) is 0 Å². The van der Waals surface area contributed by atoms with Gasteiger partial charge >= 0.3 is 0 Å². The monoisotopic (exact) mass is 87.1 g/mol. The Morgan fingerprint density at radius 3 is 2.67 bits per heavy atom. The van der Waals surface area contributed by atoms with Gasteiger partial charge in [0.05, 0.1) is 0 Å². The average molecular weight is 87.1 g/mol. The SMILES string of the molecule is C=NNNCC. The molecule has 0 atom stereocenters. The summed E-state index contributed by atoms with van der Waals surface area (Å²) >= 11 is 0. The van der Waals surface area contributed by atoms with E-state index >= 15 is 0 Å². The highest BCUT2D eigenvalue weighted by atomic mass is 15.5. The highest BCUT2D eigenvalue weighted by molar-refractivity contribution is 5.21. The Kier molecular flexibility index (Phi) is 4.01. The van der Waals surface area contributed by atoms with Gasteiger partial charge in [-0.2, -0.15) is 5.10 Å². The van der Waals surface area contributed by atoms with Gasteiger partial charge in [-0.15, -0.1) is 0 Å². The summed E-state index contributed by atoms with van der Waals surface area (Å²) in [4.78, 5) is 0. The van der Waals surface area contributed by atoms with Crippen LogP contribution in [0.2, 0.25) is 0 Å². The van der Waals surface area contributed by atoms with Crippen LogP contribution >= 0.6 is 0 Å². The molecule has 0 aliphatic heterocycles. The molecule has 0 rings (SSSR count). The molecular formula is C3H9N3. The number of hydrazone groups is 1. The summed E-state index contributed by atoms with van der Waals surface area (Å²) in [5.41, 5.74) is 5.18. The number of hydrogen-bond acceptors (Lipinski definition) is 3. The van der Waals surface area contributed by atoms with Crippen LogP contribution in [0.3, 0.4) is 0 Å². The van der Waals surface area contributed by atoms with E-state index < -0.39 is 0 Å². The molecule has 0 unspecified atom stereocenters. The highest BCUT2D eigenvalue weighted by Gasteiger charge is 1.62. The second-order valence-electron chi connectivity index (χ2n) is 0.800. The maximum Gasteiger partial charge on any atom is 0.0135 e. The zero-order valence-corrected chi connectivity index (χ0v) is 3.86. The first-order valence-electron chi connectivity index (χ1n) is 1.85. The number of hydrazine groups is 1. The van der Waals surface area contributed by atoms with Gasteiger partial charge in [0.25, 0.3) is 0 Å². The second-order valence-corrected chi connectivity index (χ2v) is 0.800. The van der Waals surface area contributed by atoms with Crippen LogP contribution in [0, 0.1) is 0 Å². The first kappa shape index (κ1) is 5.43. The van der Waals surface area contributed by atoms with Crippen molar-refractivity contribution in [2.24, 2.45) is 5.10 Å². The fourth-order valence-electron chi connectivity index (χ4n) is 0.135. The molecule has 0 fully saturated rings. The molecule has 3 heteroatoms. The molecule has 0 radical (unpaired) electrons. The van der Waals surface area contributed by atoms with Crippen LogP contribution in [0.15, 0.2) is 5.10 Å². The minimum atomic E-state index is 0.860. The van der Waals surface area contributed by atoms with Crippen LogP contribution in [0.5, 0.6) is 0 Å². The van der Waals surface area contributed by atoms with Crippen molar-refractivity contribution in [3.05, 3.63) is 0 Å². The van der Waals surface area contributed by atoms with E-state index in [2.05, 4.69) is 22.8 Å². The molecule has 0 amide bonds. The molecule has 0 bridgehead atoms. The molecule has 0 aromatic carbocycles. The van der Waals surface area contributed by atoms with E-state index in [1.165, 1.54) is 0 Å². The van der Waals surface area contributed by atoms with Gasteiger partial charge in [-0.1, -0.05) is 6.92 Å². The van der Waals surface area contributed by atoms with E-state index in [4.69, 9.17) is 0 Å². The Morgan fingerprint density at radius 2 is 2.50 bits per heavy atom. The third-order valence-electron chi connectivity index (χ3n) is 0.335. The van der Waals surface area contributed by atoms with Crippen molar-refractivity contribution in [1.29, 1.82) is 0 Å². The minimum absolute atomic E-state index is 0.860. The Labute approximate surface area is 37.4 Å². The minimum Gasteiger partial charge on any atom is -0.244 e. The lowest BCUT2D eigenvalue weighted by atomic mass is 10.8. The van der Waals surface area contributed by atoms with Crippen LogP contribution in [0.1, 0.15) is 6.92 Å². The van der Waals surface area contributed by atoms with E-state index in [-0.39, 0.29) is 0 Å². The quantitative estimate of drug-likeness (QED) is 0.282. The lowest BCUT2D eigenvalue weighted by Crippen LogP contribution is -2.25. The van der Waals surface area contributed by atoms with Gasteiger partial charge in [0.1, 0.15) is 0 Å². The number of rotatable bonds is 3. The third-order valence-corrected chi connectivity index (χ3v) is 0.335. The summed E-state index contributed by atoms with van der Waals surface area (Å²) in [5.74, 6) is 0. The molecule has 36 valence electrons. The van der Waals surface area contributed by atoms with Crippen molar-refractivity contribution >= 4 is 6.72 Å². The third kappa shape index (κ3) is 3.43. The standard InChI is InChI=1S/C3H9N3/c1-3-5-6-4-2/h5-6H,2-3H2,1H3. The van der Waals surface area contributed by atoms with Gasteiger partial charge in [-0.25, -0.2) is 11.0 Å². The first-order chi connectivity index (χ1) is 2.91. The van der Waals surface area contributed by atoms with Crippen molar-refractivity contribution in [1.82, 2.24) is 11.0 Å². The van der Waals surface area contributed by atoms with Gasteiger partial charge in [0.2, 0.25) is 0 Å². The first-order valence-corrected chi connectivity index (χ1v) is 1.85. The summed E-state index contributed by atoms with van der Waals surface area (Å²) in [6.45, 7) is 6.01. The zero-order chi connectivity index (χ0) is 4.83. The molecule has 0 saturated carbocycles. The van der Waals surface area contributed by atoms with Gasteiger partial charge in [0, 0.05) is 13.3 Å². The molecule has 0 aromatic heterocycles. The Morgan fingerprint density at radius 1 is 1.83 bits per heavy atom. The van der Waals surface area contributed by atoms with Crippen molar-refractivity contribution in [2.45, 2.75) is 6.92 Å². The van der Waals surface area contributed by atoms with Crippen LogP contribution < -0.4 is 11.0 Å². The Hall–Kier alpha value is -0.570. The lowest BCUT2D eigenvalue weighted by Gasteiger charge is -1.92. The van der Waals surface area contributed by atoms with E-state index in [1.807, 2.05) is 6.92 Å². The van der Waals surface area contributed by atoms with Crippen LogP contribution in [0.4, 0.5) is 0 Å². The normalized spacial score (nSPS) is 7.50. The van der Waals surface area contributed by atoms with Crippen LogP contribution in [-0.4, -0.2) is 13.3 Å². The molecule has 3 nitrogen and oxygen atoms in total. The van der Waals surface area contributed by atoms with Gasteiger partial charge in [-0.05, 0) is 0 Å². The van der Waals surface area contributed by atoms with Gasteiger partial charge in [0.15, 0.2) is 0 Å². The summed E-state index contributed by atoms with van der Waals surface area (Å²) in [5, 5.41) is 3.31. The maximum absolute atomic E-state index is 3.31. The largest absolute Gasteiger partial charge is 0.244 e. The smallest absolute Gasteiger partial charge is 0.0135 e. The number of hydrogen-bond donors (Lipinski definition) is 2. The molecule has 2 N–H and O–H groups in total. The number of nitrogens with one attached hydrogen (secondary N) is 2. The van der Waals surface area contributed by atoms with E-state index in [0.29, 0.717) is 0 Å². The van der Waals surface area contributed by atoms with Crippen molar-refractivity contribution in [3.8, 4) is 0 Å². The summed E-state index contributed by atoms with van der Waals surface area (Å²) in [6.07, 6.45) is 0. The highest BCUT2D eigenvalue weighted by Crippen LogP contribution is 1.42. The Bertz CT molecular complexity index is 35.0.